The zero-order valence-corrected chi connectivity index (χ0v) is 11.4. The normalized spacial score (nSPS) is 32.8. The summed E-state index contributed by atoms with van der Waals surface area (Å²) >= 11 is 0. The molecule has 2 unspecified atom stereocenters. The van der Waals surface area contributed by atoms with Crippen molar-refractivity contribution in [3.05, 3.63) is 0 Å². The van der Waals surface area contributed by atoms with Gasteiger partial charge in [-0.15, -0.1) is 0 Å². The lowest BCUT2D eigenvalue weighted by atomic mass is 10.0. The van der Waals surface area contributed by atoms with E-state index in [0.717, 1.165) is 19.3 Å². The molecule has 1 amide bonds. The number of amides is 1. The number of carbonyl (C=O) groups excluding carboxylic acids is 1. The zero-order valence-electron chi connectivity index (χ0n) is 10.6. The van der Waals surface area contributed by atoms with E-state index in [2.05, 4.69) is 0 Å². The molecule has 2 rings (SSSR count). The Balaban J connectivity index is 2.10. The minimum atomic E-state index is -2.95. The molecule has 0 saturated carbocycles. The van der Waals surface area contributed by atoms with Gasteiger partial charge in [-0.1, -0.05) is 6.92 Å². The summed E-state index contributed by atoms with van der Waals surface area (Å²) in [6, 6.07) is 0.347. The van der Waals surface area contributed by atoms with Crippen LogP contribution >= 0.6 is 0 Å². The molecule has 0 aromatic heterocycles. The van der Waals surface area contributed by atoms with Gasteiger partial charge in [0, 0.05) is 24.8 Å². The number of rotatable bonds is 3. The van der Waals surface area contributed by atoms with E-state index in [0.29, 0.717) is 19.3 Å². The highest BCUT2D eigenvalue weighted by Gasteiger charge is 2.45. The van der Waals surface area contributed by atoms with Crippen molar-refractivity contribution in [2.24, 2.45) is 0 Å². The molecule has 0 aliphatic carbocycles. The van der Waals surface area contributed by atoms with E-state index in [4.69, 9.17) is 0 Å². The maximum atomic E-state index is 12.0. The molecular formula is C12H21NO3S. The van der Waals surface area contributed by atoms with Crippen LogP contribution in [0.1, 0.15) is 45.4 Å². The van der Waals surface area contributed by atoms with Crippen LogP contribution in [0.3, 0.4) is 0 Å². The third-order valence-corrected chi connectivity index (χ3v) is 5.64. The third kappa shape index (κ3) is 2.49. The number of hydrogen-bond acceptors (Lipinski definition) is 3. The molecule has 2 aliphatic heterocycles. The standard InChI is InChI=1S/C12H21NO3S/c1-3-4-12(14)13-9-5-6-10(13)8-11(7-9)17(2,15)16/h9-11H,3-8H2,1-2H3. The van der Waals surface area contributed by atoms with Gasteiger partial charge in [0.25, 0.3) is 0 Å². The van der Waals surface area contributed by atoms with Gasteiger partial charge in [-0.25, -0.2) is 8.42 Å². The van der Waals surface area contributed by atoms with Gasteiger partial charge in [0.1, 0.15) is 9.84 Å². The van der Waals surface area contributed by atoms with Crippen molar-refractivity contribution >= 4 is 15.7 Å². The van der Waals surface area contributed by atoms with Crippen molar-refractivity contribution in [1.29, 1.82) is 0 Å². The molecule has 0 aromatic rings. The van der Waals surface area contributed by atoms with Gasteiger partial charge in [0.05, 0.1) is 5.25 Å². The molecule has 0 aromatic carbocycles. The van der Waals surface area contributed by atoms with Crippen LogP contribution in [-0.2, 0) is 14.6 Å². The number of fused-ring (bicyclic) bond motifs is 2. The fourth-order valence-electron chi connectivity index (χ4n) is 3.23. The second kappa shape index (κ2) is 4.59. The molecular weight excluding hydrogens is 238 g/mol. The van der Waals surface area contributed by atoms with Crippen LogP contribution in [0.4, 0.5) is 0 Å². The molecule has 0 spiro atoms. The van der Waals surface area contributed by atoms with Crippen molar-refractivity contribution in [3.8, 4) is 0 Å². The van der Waals surface area contributed by atoms with Crippen molar-refractivity contribution in [1.82, 2.24) is 4.90 Å². The largest absolute Gasteiger partial charge is 0.337 e. The van der Waals surface area contributed by atoms with Gasteiger partial charge < -0.3 is 4.90 Å². The maximum absolute atomic E-state index is 12.0. The smallest absolute Gasteiger partial charge is 0.223 e. The molecule has 2 heterocycles. The average Bonchev–Trinajstić information content (AvgIpc) is 2.48. The molecule has 5 heteroatoms. The highest BCUT2D eigenvalue weighted by atomic mass is 32.2. The van der Waals surface area contributed by atoms with E-state index in [-0.39, 0.29) is 23.2 Å². The van der Waals surface area contributed by atoms with Crippen LogP contribution in [0.15, 0.2) is 0 Å². The van der Waals surface area contributed by atoms with Crippen LogP contribution in [0.5, 0.6) is 0 Å². The summed E-state index contributed by atoms with van der Waals surface area (Å²) in [6.07, 6.45) is 6.02. The van der Waals surface area contributed by atoms with E-state index in [1.54, 1.807) is 0 Å². The van der Waals surface area contributed by atoms with Gasteiger partial charge in [-0.3, -0.25) is 4.79 Å². The summed E-state index contributed by atoms with van der Waals surface area (Å²) < 4.78 is 23.2. The molecule has 0 radical (unpaired) electrons. The molecule has 2 aliphatic rings. The van der Waals surface area contributed by atoms with Gasteiger partial charge in [-0.05, 0) is 32.1 Å². The van der Waals surface area contributed by atoms with Crippen LogP contribution in [-0.4, -0.2) is 42.8 Å². The average molecular weight is 259 g/mol. The van der Waals surface area contributed by atoms with Crippen molar-refractivity contribution in [2.75, 3.05) is 6.26 Å². The minimum absolute atomic E-state index is 0.174. The number of piperidine rings is 1. The number of carbonyl (C=O) groups is 1. The van der Waals surface area contributed by atoms with Gasteiger partial charge in [0.15, 0.2) is 0 Å². The van der Waals surface area contributed by atoms with E-state index >= 15 is 0 Å². The van der Waals surface area contributed by atoms with Crippen LogP contribution in [0.2, 0.25) is 0 Å². The van der Waals surface area contributed by atoms with Crippen molar-refractivity contribution in [2.45, 2.75) is 62.8 Å². The molecule has 17 heavy (non-hydrogen) atoms. The van der Waals surface area contributed by atoms with Crippen LogP contribution in [0.25, 0.3) is 0 Å². The second-order valence-corrected chi connectivity index (χ2v) is 7.68. The lowest BCUT2D eigenvalue weighted by Gasteiger charge is -2.38. The monoisotopic (exact) mass is 259 g/mol. The predicted molar refractivity (Wildman–Crippen MR) is 66.4 cm³/mol. The Hall–Kier alpha value is -0.580. The molecule has 98 valence electrons. The lowest BCUT2D eigenvalue weighted by molar-refractivity contribution is -0.135. The van der Waals surface area contributed by atoms with Crippen LogP contribution in [0, 0.1) is 0 Å². The summed E-state index contributed by atoms with van der Waals surface area (Å²) in [6.45, 7) is 2.00. The Morgan fingerprint density at radius 1 is 1.24 bits per heavy atom. The van der Waals surface area contributed by atoms with Gasteiger partial charge in [-0.2, -0.15) is 0 Å². The fourth-order valence-corrected chi connectivity index (χ4v) is 4.37. The van der Waals surface area contributed by atoms with E-state index < -0.39 is 9.84 Å². The number of nitrogens with zero attached hydrogens (tertiary/aromatic N) is 1. The highest BCUT2D eigenvalue weighted by Crippen LogP contribution is 2.38. The Labute approximate surface area is 103 Å². The SMILES string of the molecule is CCCC(=O)N1C2CCC1CC(S(C)(=O)=O)C2. The Bertz CT molecular complexity index is 390. The summed E-state index contributed by atoms with van der Waals surface area (Å²) in [7, 11) is -2.95. The van der Waals surface area contributed by atoms with Crippen molar-refractivity contribution in [3.63, 3.8) is 0 Å². The zero-order chi connectivity index (χ0) is 12.6. The first-order chi connectivity index (χ1) is 7.93. The number of hydrogen-bond donors (Lipinski definition) is 0. The molecule has 2 fully saturated rings. The van der Waals surface area contributed by atoms with Gasteiger partial charge >= 0.3 is 0 Å². The summed E-state index contributed by atoms with van der Waals surface area (Å²) in [5.41, 5.74) is 0. The first kappa shape index (κ1) is 12.9. The lowest BCUT2D eigenvalue weighted by Crippen LogP contribution is -2.49. The van der Waals surface area contributed by atoms with Crippen molar-refractivity contribution < 1.29 is 13.2 Å². The fraction of sp³-hybridized carbons (Fsp3) is 0.917. The predicted octanol–water partition coefficient (Wildman–Crippen LogP) is 1.35. The molecule has 4 nitrogen and oxygen atoms in total. The second-order valence-electron chi connectivity index (χ2n) is 5.36. The molecule has 2 atom stereocenters. The highest BCUT2D eigenvalue weighted by molar-refractivity contribution is 7.91. The molecule has 0 N–H and O–H groups in total. The Morgan fingerprint density at radius 2 is 1.76 bits per heavy atom. The number of sulfone groups is 1. The van der Waals surface area contributed by atoms with Gasteiger partial charge in [0.2, 0.25) is 5.91 Å². The van der Waals surface area contributed by atoms with E-state index in [1.165, 1.54) is 6.26 Å². The first-order valence-corrected chi connectivity index (χ1v) is 8.39. The Kier molecular flexibility index (Phi) is 3.48. The van der Waals surface area contributed by atoms with E-state index in [9.17, 15) is 13.2 Å². The molecule has 2 saturated heterocycles. The third-order valence-electron chi connectivity index (χ3n) is 4.05. The maximum Gasteiger partial charge on any atom is 0.223 e. The Morgan fingerprint density at radius 3 is 2.18 bits per heavy atom. The molecule has 2 bridgehead atoms. The van der Waals surface area contributed by atoms with E-state index in [1.807, 2.05) is 11.8 Å². The quantitative estimate of drug-likeness (QED) is 0.769. The summed E-state index contributed by atoms with van der Waals surface area (Å²) in [5.74, 6) is 0.215. The first-order valence-electron chi connectivity index (χ1n) is 6.43. The summed E-state index contributed by atoms with van der Waals surface area (Å²) in [4.78, 5) is 14.0. The topological polar surface area (TPSA) is 54.5 Å². The van der Waals surface area contributed by atoms with Crippen LogP contribution < -0.4 is 0 Å². The minimum Gasteiger partial charge on any atom is -0.337 e. The summed E-state index contributed by atoms with van der Waals surface area (Å²) in [5, 5.41) is -0.231.